The minimum Gasteiger partial charge on any atom is -0.480 e. The summed E-state index contributed by atoms with van der Waals surface area (Å²) in [6, 6.07) is 6.30. The highest BCUT2D eigenvalue weighted by Gasteiger charge is 2.27. The average Bonchev–Trinajstić information content (AvgIpc) is 2.32. The van der Waals surface area contributed by atoms with Crippen LogP contribution < -0.4 is 5.32 Å². The van der Waals surface area contributed by atoms with E-state index in [1.54, 1.807) is 7.05 Å². The van der Waals surface area contributed by atoms with Crippen molar-refractivity contribution in [2.24, 2.45) is 0 Å². The van der Waals surface area contributed by atoms with Crippen molar-refractivity contribution >= 4 is 27.8 Å². The van der Waals surface area contributed by atoms with Crippen molar-refractivity contribution in [1.82, 2.24) is 10.2 Å². The van der Waals surface area contributed by atoms with Gasteiger partial charge in [0.2, 0.25) is 0 Å². The SMILES string of the molecule is CNC(C(=O)O)C(=O)N(C)Cc1ccc(Br)cc1. The Balaban J connectivity index is 2.70. The molecule has 0 bridgehead atoms. The van der Waals surface area contributed by atoms with Crippen molar-refractivity contribution in [3.8, 4) is 0 Å². The van der Waals surface area contributed by atoms with Gasteiger partial charge in [-0.2, -0.15) is 0 Å². The van der Waals surface area contributed by atoms with Crippen molar-refractivity contribution in [2.45, 2.75) is 12.6 Å². The molecule has 6 heteroatoms. The highest BCUT2D eigenvalue weighted by molar-refractivity contribution is 9.10. The fourth-order valence-electron chi connectivity index (χ4n) is 1.51. The Kier molecular flexibility index (Phi) is 5.30. The van der Waals surface area contributed by atoms with Gasteiger partial charge in [0.25, 0.3) is 5.91 Å². The fraction of sp³-hybridized carbons (Fsp3) is 0.333. The second-order valence-corrected chi connectivity index (χ2v) is 4.80. The third kappa shape index (κ3) is 3.82. The Morgan fingerprint density at radius 3 is 2.39 bits per heavy atom. The van der Waals surface area contributed by atoms with Gasteiger partial charge in [-0.05, 0) is 24.7 Å². The molecule has 18 heavy (non-hydrogen) atoms. The first-order chi connectivity index (χ1) is 8.45. The molecule has 0 fully saturated rings. The summed E-state index contributed by atoms with van der Waals surface area (Å²) in [5, 5.41) is 11.4. The van der Waals surface area contributed by atoms with Gasteiger partial charge in [0.15, 0.2) is 6.04 Å². The quantitative estimate of drug-likeness (QED) is 0.798. The number of carbonyl (C=O) groups is 2. The molecule has 0 aliphatic heterocycles. The average molecular weight is 315 g/mol. The summed E-state index contributed by atoms with van der Waals surface area (Å²) in [5.74, 6) is -1.64. The summed E-state index contributed by atoms with van der Waals surface area (Å²) in [5.41, 5.74) is 0.939. The predicted molar refractivity (Wildman–Crippen MR) is 71.1 cm³/mol. The number of halogens is 1. The van der Waals surface area contributed by atoms with E-state index in [1.165, 1.54) is 11.9 Å². The number of aliphatic carboxylic acids is 1. The maximum absolute atomic E-state index is 11.9. The van der Waals surface area contributed by atoms with Gasteiger partial charge in [0.1, 0.15) is 0 Å². The Morgan fingerprint density at radius 2 is 1.94 bits per heavy atom. The van der Waals surface area contributed by atoms with E-state index in [1.807, 2.05) is 24.3 Å². The normalized spacial score (nSPS) is 11.9. The highest BCUT2D eigenvalue weighted by atomic mass is 79.9. The molecular weight excluding hydrogens is 300 g/mol. The number of carboxylic acids is 1. The van der Waals surface area contributed by atoms with E-state index < -0.39 is 17.9 Å². The van der Waals surface area contributed by atoms with E-state index in [0.717, 1.165) is 10.0 Å². The van der Waals surface area contributed by atoms with Crippen LogP contribution in [0.2, 0.25) is 0 Å². The van der Waals surface area contributed by atoms with Crippen molar-refractivity contribution in [1.29, 1.82) is 0 Å². The van der Waals surface area contributed by atoms with Crippen LogP contribution in [0.3, 0.4) is 0 Å². The van der Waals surface area contributed by atoms with Crippen LogP contribution in [0.15, 0.2) is 28.7 Å². The van der Waals surface area contributed by atoms with Crippen LogP contribution in [0.25, 0.3) is 0 Å². The molecule has 0 saturated carbocycles. The topological polar surface area (TPSA) is 69.6 Å². The van der Waals surface area contributed by atoms with E-state index in [2.05, 4.69) is 21.2 Å². The molecule has 5 nitrogen and oxygen atoms in total. The first-order valence-corrected chi connectivity index (χ1v) is 6.14. The van der Waals surface area contributed by atoms with Crippen LogP contribution in [0, 0.1) is 0 Å². The summed E-state index contributed by atoms with van der Waals surface area (Å²) in [6.07, 6.45) is 0. The number of hydrogen-bond acceptors (Lipinski definition) is 3. The number of nitrogens with zero attached hydrogens (tertiary/aromatic N) is 1. The van der Waals surface area contributed by atoms with Crippen LogP contribution in [-0.4, -0.2) is 42.0 Å². The monoisotopic (exact) mass is 314 g/mol. The summed E-state index contributed by atoms with van der Waals surface area (Å²) < 4.78 is 0.957. The molecule has 0 aliphatic rings. The van der Waals surface area contributed by atoms with Gasteiger partial charge < -0.3 is 10.0 Å². The highest BCUT2D eigenvalue weighted by Crippen LogP contribution is 2.12. The zero-order valence-electron chi connectivity index (χ0n) is 10.2. The van der Waals surface area contributed by atoms with E-state index in [-0.39, 0.29) is 0 Å². The molecular formula is C12H15BrN2O3. The van der Waals surface area contributed by atoms with Gasteiger partial charge in [-0.25, -0.2) is 4.79 Å². The summed E-state index contributed by atoms with van der Waals surface area (Å²) >= 11 is 3.33. The van der Waals surface area contributed by atoms with Gasteiger partial charge in [0.05, 0.1) is 0 Å². The summed E-state index contributed by atoms with van der Waals surface area (Å²) in [6.45, 7) is 0.373. The van der Waals surface area contributed by atoms with E-state index in [9.17, 15) is 9.59 Å². The van der Waals surface area contributed by atoms with Gasteiger partial charge in [-0.15, -0.1) is 0 Å². The maximum Gasteiger partial charge on any atom is 0.330 e. The molecule has 98 valence electrons. The number of benzene rings is 1. The van der Waals surface area contributed by atoms with Crippen LogP contribution in [0.5, 0.6) is 0 Å². The Morgan fingerprint density at radius 1 is 1.39 bits per heavy atom. The molecule has 0 spiro atoms. The predicted octanol–water partition coefficient (Wildman–Crippen LogP) is 1.08. The maximum atomic E-state index is 11.9. The van der Waals surface area contributed by atoms with Crippen LogP contribution >= 0.6 is 15.9 Å². The summed E-state index contributed by atoms with van der Waals surface area (Å²) in [7, 11) is 3.03. The molecule has 0 aliphatic carbocycles. The minimum absolute atomic E-state index is 0.373. The molecule has 1 aromatic rings. The fourth-order valence-corrected chi connectivity index (χ4v) is 1.78. The molecule has 0 radical (unpaired) electrons. The molecule has 2 N–H and O–H groups in total. The number of hydrogen-bond donors (Lipinski definition) is 2. The van der Waals surface area contributed by atoms with Crippen LogP contribution in [0.4, 0.5) is 0 Å². The van der Waals surface area contributed by atoms with E-state index in [0.29, 0.717) is 6.54 Å². The van der Waals surface area contributed by atoms with Crippen molar-refractivity contribution < 1.29 is 14.7 Å². The lowest BCUT2D eigenvalue weighted by molar-refractivity contribution is -0.147. The first-order valence-electron chi connectivity index (χ1n) is 5.35. The van der Waals surface area contributed by atoms with Crippen molar-refractivity contribution in [2.75, 3.05) is 14.1 Å². The standard InChI is InChI=1S/C12H15BrN2O3/c1-14-10(12(17)18)11(16)15(2)7-8-3-5-9(13)6-4-8/h3-6,10,14H,7H2,1-2H3,(H,17,18). The smallest absolute Gasteiger partial charge is 0.330 e. The number of likely N-dealkylation sites (N-methyl/N-ethyl adjacent to an activating group) is 2. The number of carboxylic acid groups (broad SMARTS) is 1. The lowest BCUT2D eigenvalue weighted by Gasteiger charge is -2.21. The Hall–Kier alpha value is -1.40. The second kappa shape index (κ2) is 6.51. The number of rotatable bonds is 5. The third-order valence-corrected chi connectivity index (χ3v) is 3.02. The van der Waals surface area contributed by atoms with Crippen LogP contribution in [-0.2, 0) is 16.1 Å². The van der Waals surface area contributed by atoms with Crippen molar-refractivity contribution in [3.63, 3.8) is 0 Å². The van der Waals surface area contributed by atoms with Gasteiger partial charge >= 0.3 is 5.97 Å². The Bertz CT molecular complexity index is 433. The zero-order chi connectivity index (χ0) is 13.7. The van der Waals surface area contributed by atoms with Crippen LogP contribution in [0.1, 0.15) is 5.56 Å². The zero-order valence-corrected chi connectivity index (χ0v) is 11.8. The molecule has 1 rings (SSSR count). The van der Waals surface area contributed by atoms with Crippen molar-refractivity contribution in [3.05, 3.63) is 34.3 Å². The number of amides is 1. The van der Waals surface area contributed by atoms with Gasteiger partial charge in [-0.3, -0.25) is 10.1 Å². The lowest BCUT2D eigenvalue weighted by atomic mass is 10.2. The largest absolute Gasteiger partial charge is 0.480 e. The van der Waals surface area contributed by atoms with E-state index >= 15 is 0 Å². The molecule has 0 heterocycles. The van der Waals surface area contributed by atoms with E-state index in [4.69, 9.17) is 5.11 Å². The molecule has 1 unspecified atom stereocenters. The summed E-state index contributed by atoms with van der Waals surface area (Å²) in [4.78, 5) is 24.1. The molecule has 1 aromatic carbocycles. The first kappa shape index (κ1) is 14.7. The molecule has 1 atom stereocenters. The molecule has 0 saturated heterocycles. The second-order valence-electron chi connectivity index (χ2n) is 3.88. The van der Waals surface area contributed by atoms with Gasteiger partial charge in [-0.1, -0.05) is 28.1 Å². The molecule has 1 amide bonds. The number of nitrogens with one attached hydrogen (secondary N) is 1. The number of carbonyl (C=O) groups excluding carboxylic acids is 1. The molecule has 0 aromatic heterocycles. The van der Waals surface area contributed by atoms with Gasteiger partial charge in [0, 0.05) is 18.1 Å². The Labute approximate surface area is 114 Å². The minimum atomic E-state index is -1.20. The lowest BCUT2D eigenvalue weighted by Crippen LogP contribution is -2.48. The third-order valence-electron chi connectivity index (χ3n) is 2.49.